The van der Waals surface area contributed by atoms with Crippen LogP contribution in [0.5, 0.6) is 0 Å². The molecule has 0 bridgehead atoms. The number of aryl methyl sites for hydroxylation is 1. The summed E-state index contributed by atoms with van der Waals surface area (Å²) in [6.07, 6.45) is -0.870. The molecule has 0 saturated carbocycles. The predicted octanol–water partition coefficient (Wildman–Crippen LogP) is 5.73. The van der Waals surface area contributed by atoms with Gasteiger partial charge in [-0.15, -0.1) is 0 Å². The first-order chi connectivity index (χ1) is 15.6. The Balaban J connectivity index is 1.48. The van der Waals surface area contributed by atoms with Crippen molar-refractivity contribution < 1.29 is 18.8 Å². The van der Waals surface area contributed by atoms with E-state index < -0.39 is 13.2 Å². The van der Waals surface area contributed by atoms with Crippen LogP contribution >= 0.6 is 11.5 Å². The molecule has 4 rings (SSSR count). The molecule has 0 radical (unpaired) electrons. The SMILES string of the molecule is Cc1nsc(-c2ccc(B3OC(C)(C)C(C)(C)O3)cc2)c1NC(=O)OC(C)c1ccccc1. The zero-order valence-electron chi connectivity index (χ0n) is 19.8. The number of carbonyl (C=O) groups is 1. The van der Waals surface area contributed by atoms with Crippen LogP contribution in [0.1, 0.15) is 52.0 Å². The Morgan fingerprint density at radius 2 is 1.64 bits per heavy atom. The van der Waals surface area contributed by atoms with Crippen molar-refractivity contribution in [3.63, 3.8) is 0 Å². The first-order valence-electron chi connectivity index (χ1n) is 11.0. The monoisotopic (exact) mass is 464 g/mol. The maximum absolute atomic E-state index is 12.6. The van der Waals surface area contributed by atoms with Gasteiger partial charge in [0.15, 0.2) is 0 Å². The first-order valence-corrected chi connectivity index (χ1v) is 11.8. The second kappa shape index (κ2) is 8.93. The zero-order chi connectivity index (χ0) is 23.8. The van der Waals surface area contributed by atoms with Gasteiger partial charge >= 0.3 is 13.2 Å². The van der Waals surface area contributed by atoms with E-state index in [0.29, 0.717) is 5.69 Å². The molecule has 1 aliphatic rings. The van der Waals surface area contributed by atoms with Crippen LogP contribution in [-0.2, 0) is 14.0 Å². The molecular weight excluding hydrogens is 435 g/mol. The number of carbonyl (C=O) groups excluding carboxylic acids is 1. The molecule has 0 spiro atoms. The van der Waals surface area contributed by atoms with Gasteiger partial charge in [0.2, 0.25) is 0 Å². The molecule has 1 saturated heterocycles. The van der Waals surface area contributed by atoms with E-state index in [4.69, 9.17) is 14.0 Å². The molecule has 3 aromatic rings. The van der Waals surface area contributed by atoms with Gasteiger partial charge < -0.3 is 14.0 Å². The van der Waals surface area contributed by atoms with Gasteiger partial charge in [-0.2, -0.15) is 4.37 Å². The highest BCUT2D eigenvalue weighted by Crippen LogP contribution is 2.37. The van der Waals surface area contributed by atoms with Crippen molar-refractivity contribution in [1.82, 2.24) is 4.37 Å². The van der Waals surface area contributed by atoms with Gasteiger partial charge in [0.25, 0.3) is 0 Å². The highest BCUT2D eigenvalue weighted by molar-refractivity contribution is 7.10. The number of hydrogen-bond acceptors (Lipinski definition) is 6. The van der Waals surface area contributed by atoms with E-state index in [-0.39, 0.29) is 17.3 Å². The molecule has 1 atom stereocenters. The number of nitrogens with zero attached hydrogens (tertiary/aromatic N) is 1. The lowest BCUT2D eigenvalue weighted by atomic mass is 9.79. The maximum atomic E-state index is 12.6. The van der Waals surface area contributed by atoms with Gasteiger partial charge in [-0.05, 0) is 69.7 Å². The average molecular weight is 464 g/mol. The summed E-state index contributed by atoms with van der Waals surface area (Å²) in [7, 11) is -0.417. The molecular formula is C25H29BN2O4S. The van der Waals surface area contributed by atoms with Crippen molar-refractivity contribution in [3.8, 4) is 10.4 Å². The summed E-state index contributed by atoms with van der Waals surface area (Å²) >= 11 is 1.34. The van der Waals surface area contributed by atoms with Crippen molar-refractivity contribution >= 4 is 35.9 Å². The molecule has 2 heterocycles. The summed E-state index contributed by atoms with van der Waals surface area (Å²) in [6, 6.07) is 17.6. The standard InChI is InChI=1S/C25H29BN2O4S/c1-16-21(27-23(29)30-17(2)18-10-8-7-9-11-18)22(33-28-16)19-12-14-20(15-13-19)26-31-24(3,4)25(5,6)32-26/h7-15,17H,1-6H3,(H,27,29). The van der Waals surface area contributed by atoms with Crippen LogP contribution < -0.4 is 10.8 Å². The van der Waals surface area contributed by atoms with E-state index in [1.54, 1.807) is 0 Å². The predicted molar refractivity (Wildman–Crippen MR) is 133 cm³/mol. The van der Waals surface area contributed by atoms with Crippen LogP contribution in [0, 0.1) is 6.92 Å². The topological polar surface area (TPSA) is 69.7 Å². The maximum Gasteiger partial charge on any atom is 0.494 e. The normalized spacial score (nSPS) is 17.6. The Morgan fingerprint density at radius 3 is 2.24 bits per heavy atom. The molecule has 33 heavy (non-hydrogen) atoms. The second-order valence-electron chi connectivity index (χ2n) is 9.27. The number of rotatable bonds is 5. The Labute approximate surface area is 199 Å². The number of ether oxygens (including phenoxy) is 1. The first kappa shape index (κ1) is 23.5. The van der Waals surface area contributed by atoms with Gasteiger partial charge in [-0.3, -0.25) is 5.32 Å². The lowest BCUT2D eigenvalue weighted by Crippen LogP contribution is -2.41. The number of anilines is 1. The summed E-state index contributed by atoms with van der Waals surface area (Å²) < 4.78 is 22.3. The van der Waals surface area contributed by atoms with Crippen molar-refractivity contribution in [3.05, 3.63) is 65.9 Å². The molecule has 2 aromatic carbocycles. The summed E-state index contributed by atoms with van der Waals surface area (Å²) in [5.74, 6) is 0. The number of amides is 1. The van der Waals surface area contributed by atoms with E-state index in [0.717, 1.165) is 27.2 Å². The van der Waals surface area contributed by atoms with Crippen molar-refractivity contribution in [2.45, 2.75) is 58.8 Å². The van der Waals surface area contributed by atoms with Gasteiger partial charge in [0, 0.05) is 0 Å². The molecule has 1 amide bonds. The lowest BCUT2D eigenvalue weighted by Gasteiger charge is -2.32. The number of hydrogen-bond donors (Lipinski definition) is 1. The van der Waals surface area contributed by atoms with Crippen LogP contribution in [-0.4, -0.2) is 28.8 Å². The molecule has 6 nitrogen and oxygen atoms in total. The lowest BCUT2D eigenvalue weighted by molar-refractivity contribution is 0.00578. The molecule has 1 aliphatic heterocycles. The fourth-order valence-electron chi connectivity index (χ4n) is 3.57. The highest BCUT2D eigenvalue weighted by Gasteiger charge is 2.51. The quantitative estimate of drug-likeness (QED) is 0.489. The van der Waals surface area contributed by atoms with Crippen molar-refractivity contribution in [2.75, 3.05) is 5.32 Å². The molecule has 8 heteroatoms. The average Bonchev–Trinajstić information content (AvgIpc) is 3.23. The second-order valence-corrected chi connectivity index (χ2v) is 10.0. The van der Waals surface area contributed by atoms with E-state index in [1.807, 2.05) is 96.1 Å². The summed E-state index contributed by atoms with van der Waals surface area (Å²) in [6.45, 7) is 11.9. The number of nitrogens with one attached hydrogen (secondary N) is 1. The number of aromatic nitrogens is 1. The van der Waals surface area contributed by atoms with Crippen LogP contribution in [0.25, 0.3) is 10.4 Å². The number of benzene rings is 2. The van der Waals surface area contributed by atoms with Gasteiger partial charge in [0.1, 0.15) is 6.10 Å². The minimum atomic E-state index is -0.509. The third-order valence-corrected chi connectivity index (χ3v) is 7.33. The van der Waals surface area contributed by atoms with Gasteiger partial charge in [-0.1, -0.05) is 54.6 Å². The van der Waals surface area contributed by atoms with Gasteiger partial charge in [0.05, 0.1) is 27.5 Å². The van der Waals surface area contributed by atoms with Crippen LogP contribution in [0.3, 0.4) is 0 Å². The zero-order valence-corrected chi connectivity index (χ0v) is 20.7. The van der Waals surface area contributed by atoms with Gasteiger partial charge in [-0.25, -0.2) is 4.79 Å². The summed E-state index contributed by atoms with van der Waals surface area (Å²) in [5, 5.41) is 2.89. The van der Waals surface area contributed by atoms with Crippen LogP contribution in [0.4, 0.5) is 10.5 Å². The van der Waals surface area contributed by atoms with E-state index >= 15 is 0 Å². The summed E-state index contributed by atoms with van der Waals surface area (Å²) in [4.78, 5) is 13.5. The Morgan fingerprint density at radius 1 is 1.03 bits per heavy atom. The molecule has 1 unspecified atom stereocenters. The molecule has 172 valence electrons. The Kier molecular flexibility index (Phi) is 6.36. The minimum Gasteiger partial charge on any atom is -0.441 e. The molecule has 1 aromatic heterocycles. The van der Waals surface area contributed by atoms with Crippen LogP contribution in [0.2, 0.25) is 0 Å². The molecule has 0 aliphatic carbocycles. The highest BCUT2D eigenvalue weighted by atomic mass is 32.1. The third-order valence-electron chi connectivity index (χ3n) is 6.34. The van der Waals surface area contributed by atoms with E-state index in [9.17, 15) is 4.79 Å². The van der Waals surface area contributed by atoms with E-state index in [2.05, 4.69) is 9.69 Å². The largest absolute Gasteiger partial charge is 0.494 e. The molecule has 1 fully saturated rings. The van der Waals surface area contributed by atoms with Crippen LogP contribution in [0.15, 0.2) is 54.6 Å². The fourth-order valence-corrected chi connectivity index (χ4v) is 4.42. The van der Waals surface area contributed by atoms with Crippen molar-refractivity contribution in [1.29, 1.82) is 0 Å². The summed E-state index contributed by atoms with van der Waals surface area (Å²) in [5.41, 5.74) is 3.46. The van der Waals surface area contributed by atoms with E-state index in [1.165, 1.54) is 11.5 Å². The molecule has 1 N–H and O–H groups in total. The Hall–Kier alpha value is -2.68. The Bertz CT molecular complexity index is 1110. The van der Waals surface area contributed by atoms with Crippen molar-refractivity contribution in [2.24, 2.45) is 0 Å². The third kappa shape index (κ3) is 4.83. The minimum absolute atomic E-state index is 0.360. The smallest absolute Gasteiger partial charge is 0.441 e. The fraction of sp³-hybridized carbons (Fsp3) is 0.360.